The van der Waals surface area contributed by atoms with Crippen LogP contribution in [0.2, 0.25) is 0 Å². The maximum Gasteiger partial charge on any atom is 0.0901 e. The van der Waals surface area contributed by atoms with Crippen molar-refractivity contribution in [1.82, 2.24) is 4.98 Å². The van der Waals surface area contributed by atoms with Crippen molar-refractivity contribution in [3.8, 4) is 11.3 Å². The van der Waals surface area contributed by atoms with Crippen LogP contribution in [0.5, 0.6) is 0 Å². The zero-order chi connectivity index (χ0) is 10.7. The molecule has 15 heavy (non-hydrogen) atoms. The van der Waals surface area contributed by atoms with Crippen LogP contribution >= 0.6 is 22.9 Å². The molecule has 0 saturated heterocycles. The highest BCUT2D eigenvalue weighted by Gasteiger charge is 2.01. The van der Waals surface area contributed by atoms with E-state index in [4.69, 9.17) is 11.6 Å². The van der Waals surface area contributed by atoms with Gasteiger partial charge in [-0.3, -0.25) is 0 Å². The Morgan fingerprint density at radius 2 is 2.00 bits per heavy atom. The average Bonchev–Trinajstić information content (AvgIpc) is 2.67. The average molecular weight is 238 g/mol. The van der Waals surface area contributed by atoms with Gasteiger partial charge in [0.1, 0.15) is 0 Å². The maximum absolute atomic E-state index is 5.69. The molecular formula is C12H12ClNS. The molecule has 0 aliphatic rings. The normalized spacial score (nSPS) is 10.5. The Kier molecular flexibility index (Phi) is 3.39. The van der Waals surface area contributed by atoms with Crippen molar-refractivity contribution < 1.29 is 0 Å². The second-order valence-electron chi connectivity index (χ2n) is 3.39. The molecule has 0 bridgehead atoms. The predicted molar refractivity (Wildman–Crippen MR) is 66.7 cm³/mol. The summed E-state index contributed by atoms with van der Waals surface area (Å²) in [5.41, 5.74) is 3.52. The minimum Gasteiger partial charge on any atom is -0.242 e. The monoisotopic (exact) mass is 237 g/mol. The SMILES string of the molecule is Cc1nc(-c2ccc(CCCl)cc2)cs1. The molecule has 2 rings (SSSR count). The van der Waals surface area contributed by atoms with Gasteiger partial charge in [0.25, 0.3) is 0 Å². The summed E-state index contributed by atoms with van der Waals surface area (Å²) in [6.07, 6.45) is 0.929. The van der Waals surface area contributed by atoms with Crippen molar-refractivity contribution in [2.45, 2.75) is 13.3 Å². The number of benzene rings is 1. The molecule has 0 saturated carbocycles. The highest BCUT2D eigenvalue weighted by atomic mass is 35.5. The molecule has 0 unspecified atom stereocenters. The van der Waals surface area contributed by atoms with Gasteiger partial charge >= 0.3 is 0 Å². The molecule has 0 radical (unpaired) electrons. The molecule has 0 N–H and O–H groups in total. The first-order valence-electron chi connectivity index (χ1n) is 4.87. The van der Waals surface area contributed by atoms with E-state index in [0.29, 0.717) is 5.88 Å². The fourth-order valence-corrected chi connectivity index (χ4v) is 2.29. The van der Waals surface area contributed by atoms with Gasteiger partial charge in [-0.25, -0.2) is 4.98 Å². The number of rotatable bonds is 3. The number of hydrogen-bond acceptors (Lipinski definition) is 2. The highest BCUT2D eigenvalue weighted by Crippen LogP contribution is 2.21. The lowest BCUT2D eigenvalue weighted by molar-refractivity contribution is 1.15. The van der Waals surface area contributed by atoms with Crippen molar-refractivity contribution in [1.29, 1.82) is 0 Å². The molecule has 1 heterocycles. The Morgan fingerprint density at radius 3 is 2.53 bits per heavy atom. The number of aromatic nitrogens is 1. The lowest BCUT2D eigenvalue weighted by atomic mass is 10.1. The molecular weight excluding hydrogens is 226 g/mol. The minimum atomic E-state index is 0.676. The molecule has 3 heteroatoms. The van der Waals surface area contributed by atoms with Crippen LogP contribution in [-0.2, 0) is 6.42 Å². The number of halogens is 1. The van der Waals surface area contributed by atoms with E-state index in [-0.39, 0.29) is 0 Å². The smallest absolute Gasteiger partial charge is 0.0901 e. The standard InChI is InChI=1S/C12H12ClNS/c1-9-14-12(8-15-9)11-4-2-10(3-5-11)6-7-13/h2-5,8H,6-7H2,1H3. The van der Waals surface area contributed by atoms with Crippen LogP contribution < -0.4 is 0 Å². The van der Waals surface area contributed by atoms with Crippen LogP contribution in [0.3, 0.4) is 0 Å². The molecule has 0 fully saturated rings. The van der Waals surface area contributed by atoms with Crippen LogP contribution in [0.4, 0.5) is 0 Å². The lowest BCUT2D eigenvalue weighted by Crippen LogP contribution is -1.86. The fourth-order valence-electron chi connectivity index (χ4n) is 1.45. The van der Waals surface area contributed by atoms with Crippen LogP contribution in [0, 0.1) is 6.92 Å². The summed E-state index contributed by atoms with van der Waals surface area (Å²) in [6.45, 7) is 2.02. The molecule has 0 spiro atoms. The number of alkyl halides is 1. The van der Waals surface area contributed by atoms with E-state index in [1.165, 1.54) is 11.1 Å². The predicted octanol–water partition coefficient (Wildman–Crippen LogP) is 3.90. The Bertz CT molecular complexity index is 433. The topological polar surface area (TPSA) is 12.9 Å². The first-order valence-corrected chi connectivity index (χ1v) is 6.28. The fraction of sp³-hybridized carbons (Fsp3) is 0.250. The zero-order valence-corrected chi connectivity index (χ0v) is 10.1. The highest BCUT2D eigenvalue weighted by molar-refractivity contribution is 7.09. The molecule has 78 valence electrons. The van der Waals surface area contributed by atoms with Gasteiger partial charge in [0.2, 0.25) is 0 Å². The molecule has 1 aromatic carbocycles. The summed E-state index contributed by atoms with van der Waals surface area (Å²) in [5, 5.41) is 3.20. The number of nitrogens with zero attached hydrogens (tertiary/aromatic N) is 1. The minimum absolute atomic E-state index is 0.676. The van der Waals surface area contributed by atoms with Gasteiger partial charge in [0.05, 0.1) is 10.7 Å². The molecule has 0 aliphatic heterocycles. The summed E-state index contributed by atoms with van der Waals surface area (Å²) in [6, 6.07) is 8.45. The molecule has 0 aliphatic carbocycles. The van der Waals surface area contributed by atoms with Crippen molar-refractivity contribution >= 4 is 22.9 Å². The number of thiazole rings is 1. The third-order valence-corrected chi connectivity index (χ3v) is 3.21. The summed E-state index contributed by atoms with van der Waals surface area (Å²) in [7, 11) is 0. The van der Waals surface area contributed by atoms with Gasteiger partial charge < -0.3 is 0 Å². The van der Waals surface area contributed by atoms with Crippen LogP contribution in [0.1, 0.15) is 10.6 Å². The maximum atomic E-state index is 5.69. The summed E-state index contributed by atoms with van der Waals surface area (Å²) in [4.78, 5) is 4.45. The summed E-state index contributed by atoms with van der Waals surface area (Å²) >= 11 is 7.37. The van der Waals surface area contributed by atoms with Crippen LogP contribution in [0.15, 0.2) is 29.6 Å². The van der Waals surface area contributed by atoms with Crippen LogP contribution in [-0.4, -0.2) is 10.9 Å². The molecule has 0 amide bonds. The molecule has 1 aromatic heterocycles. The summed E-state index contributed by atoms with van der Waals surface area (Å²) in [5.74, 6) is 0.676. The van der Waals surface area contributed by atoms with E-state index in [9.17, 15) is 0 Å². The number of hydrogen-bond donors (Lipinski definition) is 0. The van der Waals surface area contributed by atoms with Crippen molar-refractivity contribution in [2.75, 3.05) is 5.88 Å². The lowest BCUT2D eigenvalue weighted by Gasteiger charge is -1.99. The van der Waals surface area contributed by atoms with Gasteiger partial charge in [-0.05, 0) is 18.9 Å². The third kappa shape index (κ3) is 2.58. The Balaban J connectivity index is 2.23. The zero-order valence-electron chi connectivity index (χ0n) is 8.53. The Labute approximate surface area is 98.7 Å². The van der Waals surface area contributed by atoms with Crippen molar-refractivity contribution in [3.63, 3.8) is 0 Å². The van der Waals surface area contributed by atoms with Crippen molar-refractivity contribution in [2.24, 2.45) is 0 Å². The van der Waals surface area contributed by atoms with Gasteiger partial charge in [0, 0.05) is 16.8 Å². The first kappa shape index (κ1) is 10.7. The largest absolute Gasteiger partial charge is 0.242 e. The molecule has 1 nitrogen and oxygen atoms in total. The summed E-state index contributed by atoms with van der Waals surface area (Å²) < 4.78 is 0. The van der Waals surface area contributed by atoms with Gasteiger partial charge in [-0.1, -0.05) is 24.3 Å². The molecule has 2 aromatic rings. The van der Waals surface area contributed by atoms with E-state index in [1.807, 2.05) is 6.92 Å². The second kappa shape index (κ2) is 4.77. The van der Waals surface area contributed by atoms with Gasteiger partial charge in [-0.15, -0.1) is 22.9 Å². The van der Waals surface area contributed by atoms with E-state index in [0.717, 1.165) is 17.1 Å². The quantitative estimate of drug-likeness (QED) is 0.738. The second-order valence-corrected chi connectivity index (χ2v) is 4.83. The van der Waals surface area contributed by atoms with E-state index >= 15 is 0 Å². The Morgan fingerprint density at radius 1 is 1.27 bits per heavy atom. The van der Waals surface area contributed by atoms with E-state index in [1.54, 1.807) is 11.3 Å². The first-order chi connectivity index (χ1) is 7.29. The van der Waals surface area contributed by atoms with Crippen LogP contribution in [0.25, 0.3) is 11.3 Å². The number of aryl methyl sites for hydroxylation is 2. The van der Waals surface area contributed by atoms with Gasteiger partial charge in [-0.2, -0.15) is 0 Å². The molecule has 0 atom stereocenters. The van der Waals surface area contributed by atoms with E-state index < -0.39 is 0 Å². The third-order valence-electron chi connectivity index (χ3n) is 2.25. The van der Waals surface area contributed by atoms with Gasteiger partial charge in [0.15, 0.2) is 0 Å². The van der Waals surface area contributed by atoms with Crippen molar-refractivity contribution in [3.05, 3.63) is 40.2 Å². The Hall–Kier alpha value is -0.860. The van der Waals surface area contributed by atoms with E-state index in [2.05, 4.69) is 34.6 Å².